The summed E-state index contributed by atoms with van der Waals surface area (Å²) in [4.78, 5) is 14.6. The summed E-state index contributed by atoms with van der Waals surface area (Å²) in [6.07, 6.45) is 4.67. The molecule has 0 bridgehead atoms. The third-order valence-corrected chi connectivity index (χ3v) is 3.60. The maximum absolute atomic E-state index is 10.6. The highest BCUT2D eigenvalue weighted by Gasteiger charge is 2.04. The Morgan fingerprint density at radius 2 is 2.00 bits per heavy atom. The first-order valence-corrected chi connectivity index (χ1v) is 7.55. The quantitative estimate of drug-likeness (QED) is 0.515. The highest BCUT2D eigenvalue weighted by atomic mass is 35.5. The van der Waals surface area contributed by atoms with Crippen molar-refractivity contribution in [3.8, 4) is 11.8 Å². The molecule has 4 heteroatoms. The molecule has 0 unspecified atom stereocenters. The van der Waals surface area contributed by atoms with Gasteiger partial charge in [-0.15, -0.1) is 6.58 Å². The lowest BCUT2D eigenvalue weighted by Gasteiger charge is -2.03. The summed E-state index contributed by atoms with van der Waals surface area (Å²) < 4.78 is 0. The summed E-state index contributed by atoms with van der Waals surface area (Å²) in [5, 5.41) is 9.13. The Kier molecular flexibility index (Phi) is 5.96. The molecule has 1 aromatic carbocycles. The number of nitrogens with zero attached hydrogens (tertiary/aromatic N) is 1. The van der Waals surface area contributed by atoms with Gasteiger partial charge < -0.3 is 5.11 Å². The average Bonchev–Trinajstić information content (AvgIpc) is 2.54. The van der Waals surface area contributed by atoms with Crippen LogP contribution in [0, 0.1) is 11.8 Å². The number of rotatable bonds is 5. The van der Waals surface area contributed by atoms with E-state index in [9.17, 15) is 4.79 Å². The van der Waals surface area contributed by atoms with Crippen molar-refractivity contribution >= 4 is 17.6 Å². The molecule has 2 rings (SSSR count). The van der Waals surface area contributed by atoms with Crippen LogP contribution in [0.1, 0.15) is 28.7 Å². The second-order valence-corrected chi connectivity index (χ2v) is 5.32. The fraction of sp³-hybridized carbons (Fsp3) is 0.158. The molecule has 0 atom stereocenters. The molecule has 0 radical (unpaired) electrons. The smallest absolute Gasteiger partial charge is 0.303 e. The van der Waals surface area contributed by atoms with Crippen molar-refractivity contribution in [2.45, 2.75) is 19.3 Å². The lowest BCUT2D eigenvalue weighted by molar-refractivity contribution is -0.136. The molecular formula is C19H16ClNO2. The van der Waals surface area contributed by atoms with Gasteiger partial charge in [0.25, 0.3) is 0 Å². The van der Waals surface area contributed by atoms with Gasteiger partial charge >= 0.3 is 5.97 Å². The monoisotopic (exact) mass is 325 g/mol. The zero-order valence-electron chi connectivity index (χ0n) is 12.6. The van der Waals surface area contributed by atoms with Gasteiger partial charge in [0.1, 0.15) is 5.15 Å². The Bertz CT molecular complexity index is 770. The van der Waals surface area contributed by atoms with E-state index < -0.39 is 5.97 Å². The van der Waals surface area contributed by atoms with E-state index in [2.05, 4.69) is 23.4 Å². The van der Waals surface area contributed by atoms with Gasteiger partial charge in [-0.25, -0.2) is 4.98 Å². The van der Waals surface area contributed by atoms with Crippen molar-refractivity contribution in [2.24, 2.45) is 0 Å². The molecule has 0 aliphatic rings. The molecule has 0 aliphatic heterocycles. The summed E-state index contributed by atoms with van der Waals surface area (Å²) in [7, 11) is 0. The Balaban J connectivity index is 2.17. The normalized spacial score (nSPS) is 9.78. The molecular weight excluding hydrogens is 310 g/mol. The highest BCUT2D eigenvalue weighted by Crippen LogP contribution is 2.17. The first-order valence-electron chi connectivity index (χ1n) is 7.17. The van der Waals surface area contributed by atoms with Gasteiger partial charge in [-0.05, 0) is 36.6 Å². The number of carboxylic acids is 1. The topological polar surface area (TPSA) is 50.2 Å². The first kappa shape index (κ1) is 16.8. The Morgan fingerprint density at radius 1 is 1.26 bits per heavy atom. The number of halogens is 1. The van der Waals surface area contributed by atoms with Crippen molar-refractivity contribution in [3.05, 3.63) is 76.6 Å². The van der Waals surface area contributed by atoms with E-state index in [1.54, 1.807) is 12.3 Å². The van der Waals surface area contributed by atoms with Crippen molar-refractivity contribution in [3.63, 3.8) is 0 Å². The SMILES string of the molecule is C=CCc1c(C#Cc2ccc(CCC(=O)O)cc2)ccnc1Cl. The summed E-state index contributed by atoms with van der Waals surface area (Å²) >= 11 is 6.10. The number of pyridine rings is 1. The Morgan fingerprint density at radius 3 is 2.65 bits per heavy atom. The van der Waals surface area contributed by atoms with Gasteiger partial charge in [-0.1, -0.05) is 41.7 Å². The van der Waals surface area contributed by atoms with E-state index in [0.29, 0.717) is 18.0 Å². The zero-order chi connectivity index (χ0) is 16.7. The van der Waals surface area contributed by atoms with Gasteiger partial charge in [0.15, 0.2) is 0 Å². The molecule has 0 amide bonds. The van der Waals surface area contributed by atoms with Crippen molar-refractivity contribution < 1.29 is 9.90 Å². The number of carboxylic acid groups (broad SMARTS) is 1. The lowest BCUT2D eigenvalue weighted by Crippen LogP contribution is -1.97. The second kappa shape index (κ2) is 8.17. The number of aryl methyl sites for hydroxylation is 1. The number of benzene rings is 1. The molecule has 3 nitrogen and oxygen atoms in total. The van der Waals surface area contributed by atoms with Gasteiger partial charge in [0, 0.05) is 29.3 Å². The summed E-state index contributed by atoms with van der Waals surface area (Å²) in [6.45, 7) is 3.72. The molecule has 23 heavy (non-hydrogen) atoms. The predicted molar refractivity (Wildman–Crippen MR) is 91.5 cm³/mol. The van der Waals surface area contributed by atoms with Gasteiger partial charge in [0.05, 0.1) is 0 Å². The first-order chi connectivity index (χ1) is 11.1. The molecule has 2 aromatic rings. The standard InChI is InChI=1S/C19H16ClNO2/c1-2-3-17-16(12-13-21-19(17)20)10-8-14-4-6-15(7-5-14)9-11-18(22)23/h2,4-7,12-13H,1,3,9,11H2,(H,22,23). The summed E-state index contributed by atoms with van der Waals surface area (Å²) in [6, 6.07) is 9.41. The van der Waals surface area contributed by atoms with Crippen molar-refractivity contribution in [1.29, 1.82) is 0 Å². The minimum absolute atomic E-state index is 0.130. The summed E-state index contributed by atoms with van der Waals surface area (Å²) in [5.74, 6) is 5.41. The number of hydrogen-bond donors (Lipinski definition) is 1. The zero-order valence-corrected chi connectivity index (χ0v) is 13.3. The Labute approximate surface area is 140 Å². The van der Waals surface area contributed by atoms with Crippen molar-refractivity contribution in [1.82, 2.24) is 4.98 Å². The maximum atomic E-state index is 10.6. The van der Waals surface area contributed by atoms with E-state index in [1.807, 2.05) is 30.3 Å². The van der Waals surface area contributed by atoms with Crippen LogP contribution in [0.25, 0.3) is 0 Å². The van der Waals surface area contributed by atoms with E-state index in [-0.39, 0.29) is 6.42 Å². The van der Waals surface area contributed by atoms with Gasteiger partial charge in [0.2, 0.25) is 0 Å². The number of carbonyl (C=O) groups is 1. The maximum Gasteiger partial charge on any atom is 0.303 e. The van der Waals surface area contributed by atoms with Crippen LogP contribution in [0.2, 0.25) is 5.15 Å². The second-order valence-electron chi connectivity index (χ2n) is 4.96. The molecule has 1 N–H and O–H groups in total. The number of allylic oxidation sites excluding steroid dienone is 1. The Hall–Kier alpha value is -2.57. The number of aliphatic carboxylic acids is 1. The van der Waals surface area contributed by atoms with Crippen LogP contribution in [0.4, 0.5) is 0 Å². The average molecular weight is 326 g/mol. The fourth-order valence-electron chi connectivity index (χ4n) is 2.07. The van der Waals surface area contributed by atoms with Crippen LogP contribution in [0.3, 0.4) is 0 Å². The predicted octanol–water partition coefficient (Wildman–Crippen LogP) is 3.88. The molecule has 0 fully saturated rings. The van der Waals surface area contributed by atoms with E-state index in [4.69, 9.17) is 16.7 Å². The van der Waals surface area contributed by atoms with E-state index >= 15 is 0 Å². The molecule has 1 heterocycles. The largest absolute Gasteiger partial charge is 0.481 e. The molecule has 1 aromatic heterocycles. The van der Waals surface area contributed by atoms with Gasteiger partial charge in [-0.2, -0.15) is 0 Å². The lowest BCUT2D eigenvalue weighted by atomic mass is 10.1. The van der Waals surface area contributed by atoms with Crippen molar-refractivity contribution in [2.75, 3.05) is 0 Å². The van der Waals surface area contributed by atoms with Crippen LogP contribution in [0.5, 0.6) is 0 Å². The van der Waals surface area contributed by atoms with Crippen LogP contribution in [-0.2, 0) is 17.6 Å². The molecule has 116 valence electrons. The minimum atomic E-state index is -0.793. The molecule has 0 aliphatic carbocycles. The summed E-state index contributed by atoms with van der Waals surface area (Å²) in [5.41, 5.74) is 3.55. The number of hydrogen-bond acceptors (Lipinski definition) is 2. The third kappa shape index (κ3) is 4.98. The molecule has 0 spiro atoms. The van der Waals surface area contributed by atoms with E-state index in [1.165, 1.54) is 0 Å². The van der Waals surface area contributed by atoms with Crippen LogP contribution < -0.4 is 0 Å². The fourth-order valence-corrected chi connectivity index (χ4v) is 2.30. The van der Waals surface area contributed by atoms with E-state index in [0.717, 1.165) is 22.3 Å². The third-order valence-electron chi connectivity index (χ3n) is 3.27. The van der Waals surface area contributed by atoms with Gasteiger partial charge in [-0.3, -0.25) is 4.79 Å². The van der Waals surface area contributed by atoms with Crippen LogP contribution in [-0.4, -0.2) is 16.1 Å². The highest BCUT2D eigenvalue weighted by molar-refractivity contribution is 6.30. The van der Waals surface area contributed by atoms with Crippen LogP contribution >= 0.6 is 11.6 Å². The number of aromatic nitrogens is 1. The van der Waals surface area contributed by atoms with Crippen LogP contribution in [0.15, 0.2) is 49.2 Å². The minimum Gasteiger partial charge on any atom is -0.481 e. The molecule has 0 saturated heterocycles. The molecule has 0 saturated carbocycles.